The molecule has 0 heterocycles. The second-order valence-electron chi connectivity index (χ2n) is 7.10. The van der Waals surface area contributed by atoms with Crippen molar-refractivity contribution < 1.29 is 28.5 Å². The number of hydrogen-bond donors (Lipinski definition) is 0. The van der Waals surface area contributed by atoms with E-state index in [2.05, 4.69) is 0 Å². The molecule has 0 aromatic heterocycles. The lowest BCUT2D eigenvalue weighted by Crippen LogP contribution is -2.06. The Bertz CT molecular complexity index is 841. The van der Waals surface area contributed by atoms with E-state index >= 15 is 0 Å². The lowest BCUT2D eigenvalue weighted by Gasteiger charge is -2.13. The van der Waals surface area contributed by atoms with Gasteiger partial charge in [-0.2, -0.15) is 0 Å². The second-order valence-corrected chi connectivity index (χ2v) is 7.10. The fraction of sp³-hybridized carbons (Fsp3) is 0.417. The predicted molar refractivity (Wildman–Crippen MR) is 116 cm³/mol. The molecule has 6 nitrogen and oxygen atoms in total. The van der Waals surface area contributed by atoms with E-state index in [-0.39, 0.29) is 11.6 Å². The Balaban J connectivity index is 2.00. The number of Topliss-reactive ketones (excluding diaryl/α,β-unsaturated/α-hetero) is 2. The van der Waals surface area contributed by atoms with Crippen molar-refractivity contribution >= 4 is 11.6 Å². The summed E-state index contributed by atoms with van der Waals surface area (Å²) in [4.78, 5) is 25.4. The van der Waals surface area contributed by atoms with E-state index in [1.807, 2.05) is 13.8 Å². The molecule has 0 saturated heterocycles. The Kier molecular flexibility index (Phi) is 8.27. The minimum Gasteiger partial charge on any atom is -0.496 e. The summed E-state index contributed by atoms with van der Waals surface area (Å²) in [5, 5.41) is 0. The minimum absolute atomic E-state index is 0.0350. The molecule has 0 amide bonds. The molecule has 2 aromatic carbocycles. The number of carbonyl (C=O) groups is 2. The van der Waals surface area contributed by atoms with Gasteiger partial charge in [-0.25, -0.2) is 0 Å². The lowest BCUT2D eigenvalue weighted by atomic mass is 9.99. The number of benzene rings is 2. The number of aryl methyl sites for hydroxylation is 2. The van der Waals surface area contributed by atoms with Crippen molar-refractivity contribution in [3.63, 3.8) is 0 Å². The monoisotopic (exact) mass is 414 g/mol. The number of methoxy groups -OCH3 is 4. The SMILES string of the molecule is COc1cc(C(=O)CCCCC(=O)c2cc(OC)c(C)cc2OC)c(OC)cc1C. The maximum absolute atomic E-state index is 12.7. The van der Waals surface area contributed by atoms with E-state index in [1.165, 1.54) is 0 Å². The molecule has 0 aliphatic carbocycles. The summed E-state index contributed by atoms with van der Waals surface area (Å²) >= 11 is 0. The van der Waals surface area contributed by atoms with E-state index in [1.54, 1.807) is 52.7 Å². The van der Waals surface area contributed by atoms with E-state index in [4.69, 9.17) is 18.9 Å². The first kappa shape index (κ1) is 23.3. The van der Waals surface area contributed by atoms with Gasteiger partial charge in [-0.05, 0) is 62.1 Å². The van der Waals surface area contributed by atoms with Gasteiger partial charge in [0.25, 0.3) is 0 Å². The first-order valence-corrected chi connectivity index (χ1v) is 9.87. The third kappa shape index (κ3) is 5.32. The van der Waals surface area contributed by atoms with Crippen LogP contribution in [-0.4, -0.2) is 40.0 Å². The van der Waals surface area contributed by atoms with Crippen LogP contribution >= 0.6 is 0 Å². The smallest absolute Gasteiger partial charge is 0.166 e. The second kappa shape index (κ2) is 10.7. The Morgan fingerprint density at radius 2 is 0.933 bits per heavy atom. The van der Waals surface area contributed by atoms with Gasteiger partial charge < -0.3 is 18.9 Å². The van der Waals surface area contributed by atoms with Crippen LogP contribution in [0.1, 0.15) is 57.5 Å². The van der Waals surface area contributed by atoms with Crippen LogP contribution in [0.5, 0.6) is 23.0 Å². The highest BCUT2D eigenvalue weighted by Crippen LogP contribution is 2.31. The van der Waals surface area contributed by atoms with Gasteiger partial charge in [-0.3, -0.25) is 9.59 Å². The summed E-state index contributed by atoms with van der Waals surface area (Å²) in [7, 11) is 6.23. The summed E-state index contributed by atoms with van der Waals surface area (Å²) in [6.07, 6.45) is 1.83. The van der Waals surface area contributed by atoms with Crippen LogP contribution in [-0.2, 0) is 0 Å². The average Bonchev–Trinajstić information content (AvgIpc) is 2.75. The molecule has 0 saturated carbocycles. The normalized spacial score (nSPS) is 10.5. The van der Waals surface area contributed by atoms with Crippen LogP contribution < -0.4 is 18.9 Å². The molecule has 6 heteroatoms. The number of carbonyl (C=O) groups excluding carboxylic acids is 2. The molecule has 0 aliphatic heterocycles. The first-order chi connectivity index (χ1) is 14.4. The third-order valence-corrected chi connectivity index (χ3v) is 5.09. The van der Waals surface area contributed by atoms with Crippen LogP contribution in [0.4, 0.5) is 0 Å². The van der Waals surface area contributed by atoms with Gasteiger partial charge in [0.05, 0.1) is 39.6 Å². The van der Waals surface area contributed by atoms with Crippen molar-refractivity contribution in [3.8, 4) is 23.0 Å². The largest absolute Gasteiger partial charge is 0.496 e. The average molecular weight is 414 g/mol. The molecule has 2 aromatic rings. The van der Waals surface area contributed by atoms with Gasteiger partial charge in [0.15, 0.2) is 11.6 Å². The van der Waals surface area contributed by atoms with Crippen molar-refractivity contribution in [1.82, 2.24) is 0 Å². The quantitative estimate of drug-likeness (QED) is 0.382. The summed E-state index contributed by atoms with van der Waals surface area (Å²) in [5.41, 5.74) is 2.80. The predicted octanol–water partition coefficient (Wildman–Crippen LogP) is 4.96. The number of ether oxygens (including phenoxy) is 4. The fourth-order valence-electron chi connectivity index (χ4n) is 3.38. The zero-order valence-corrected chi connectivity index (χ0v) is 18.6. The third-order valence-electron chi connectivity index (χ3n) is 5.09. The molecule has 30 heavy (non-hydrogen) atoms. The number of hydrogen-bond acceptors (Lipinski definition) is 6. The summed E-state index contributed by atoms with van der Waals surface area (Å²) < 4.78 is 21.3. The van der Waals surface area contributed by atoms with Crippen molar-refractivity contribution in [2.75, 3.05) is 28.4 Å². The Morgan fingerprint density at radius 3 is 1.23 bits per heavy atom. The van der Waals surface area contributed by atoms with Crippen molar-refractivity contribution in [2.45, 2.75) is 39.5 Å². The molecule has 0 aliphatic rings. The minimum atomic E-state index is -0.0350. The highest BCUT2D eigenvalue weighted by molar-refractivity contribution is 6.00. The van der Waals surface area contributed by atoms with Crippen LogP contribution in [0.2, 0.25) is 0 Å². The van der Waals surface area contributed by atoms with Gasteiger partial charge in [0.2, 0.25) is 0 Å². The van der Waals surface area contributed by atoms with Crippen LogP contribution in [0.25, 0.3) is 0 Å². The van der Waals surface area contributed by atoms with E-state index in [0.29, 0.717) is 59.8 Å². The Morgan fingerprint density at radius 1 is 0.600 bits per heavy atom. The van der Waals surface area contributed by atoms with Gasteiger partial charge in [-0.1, -0.05) is 0 Å². The molecular formula is C24H30O6. The highest BCUT2D eigenvalue weighted by atomic mass is 16.5. The lowest BCUT2D eigenvalue weighted by molar-refractivity contribution is 0.0951. The molecule has 0 fully saturated rings. The highest BCUT2D eigenvalue weighted by Gasteiger charge is 2.18. The zero-order valence-electron chi connectivity index (χ0n) is 18.6. The molecule has 0 spiro atoms. The van der Waals surface area contributed by atoms with E-state index in [0.717, 1.165) is 11.1 Å². The summed E-state index contributed by atoms with van der Waals surface area (Å²) in [6, 6.07) is 7.02. The van der Waals surface area contributed by atoms with Gasteiger partial charge >= 0.3 is 0 Å². The fourth-order valence-corrected chi connectivity index (χ4v) is 3.38. The summed E-state index contributed by atoms with van der Waals surface area (Å²) in [5.74, 6) is 2.29. The van der Waals surface area contributed by atoms with Crippen LogP contribution in [0.3, 0.4) is 0 Å². The molecule has 0 atom stereocenters. The topological polar surface area (TPSA) is 71.1 Å². The Labute approximate surface area is 178 Å². The zero-order chi connectivity index (χ0) is 22.3. The standard InChI is InChI=1S/C24H30O6/c1-15-11-23(29-5)17(13-21(15)27-3)19(25)9-7-8-10-20(26)18-14-22(28-4)16(2)12-24(18)30-6/h11-14H,7-10H2,1-6H3. The molecular weight excluding hydrogens is 384 g/mol. The molecule has 0 radical (unpaired) electrons. The molecule has 0 unspecified atom stereocenters. The number of unbranched alkanes of at least 4 members (excludes halogenated alkanes) is 1. The van der Waals surface area contributed by atoms with E-state index < -0.39 is 0 Å². The number of ketones is 2. The van der Waals surface area contributed by atoms with Gasteiger partial charge in [0, 0.05) is 12.8 Å². The first-order valence-electron chi connectivity index (χ1n) is 9.87. The van der Waals surface area contributed by atoms with E-state index in [9.17, 15) is 9.59 Å². The molecule has 162 valence electrons. The van der Waals surface area contributed by atoms with Gasteiger partial charge in [0.1, 0.15) is 23.0 Å². The van der Waals surface area contributed by atoms with Crippen molar-refractivity contribution in [3.05, 3.63) is 46.5 Å². The maximum Gasteiger partial charge on any atom is 0.166 e. The van der Waals surface area contributed by atoms with Crippen LogP contribution in [0, 0.1) is 13.8 Å². The molecule has 0 bridgehead atoms. The van der Waals surface area contributed by atoms with Crippen molar-refractivity contribution in [1.29, 1.82) is 0 Å². The van der Waals surface area contributed by atoms with Crippen molar-refractivity contribution in [2.24, 2.45) is 0 Å². The maximum atomic E-state index is 12.7. The van der Waals surface area contributed by atoms with Gasteiger partial charge in [-0.15, -0.1) is 0 Å². The van der Waals surface area contributed by atoms with Crippen LogP contribution in [0.15, 0.2) is 24.3 Å². The molecule has 0 N–H and O–H groups in total. The molecule has 2 rings (SSSR count). The Hall–Kier alpha value is -3.02. The summed E-state index contributed by atoms with van der Waals surface area (Å²) in [6.45, 7) is 3.80. The number of rotatable bonds is 11.